The molecule has 0 aromatic heterocycles. The summed E-state index contributed by atoms with van der Waals surface area (Å²) >= 11 is 0. The normalized spacial score (nSPS) is 27.4. The highest BCUT2D eigenvalue weighted by Gasteiger charge is 2.27. The van der Waals surface area contributed by atoms with Crippen molar-refractivity contribution in [3.8, 4) is 0 Å². The number of amides is 3. The van der Waals surface area contributed by atoms with Gasteiger partial charge in [0.25, 0.3) is 0 Å². The van der Waals surface area contributed by atoms with Crippen LogP contribution < -0.4 is 16.4 Å². The van der Waals surface area contributed by atoms with Gasteiger partial charge in [0.05, 0.1) is 6.42 Å². The van der Waals surface area contributed by atoms with E-state index in [2.05, 4.69) is 24.5 Å². The number of urea groups is 1. The summed E-state index contributed by atoms with van der Waals surface area (Å²) in [6.45, 7) is 4.27. The van der Waals surface area contributed by atoms with E-state index in [1.807, 2.05) is 0 Å². The van der Waals surface area contributed by atoms with Crippen LogP contribution in [-0.2, 0) is 9.59 Å². The summed E-state index contributed by atoms with van der Waals surface area (Å²) < 4.78 is 0. The molecule has 5 N–H and O–H groups in total. The average Bonchev–Trinajstić information content (AvgIpc) is 2.25. The van der Waals surface area contributed by atoms with Crippen LogP contribution in [-0.4, -0.2) is 35.1 Å². The van der Waals surface area contributed by atoms with Crippen molar-refractivity contribution in [1.29, 1.82) is 0 Å². The number of hydrogen-bond acceptors (Lipinski definition) is 3. The fraction of sp³-hybridized carbons (Fsp3) is 0.769. The lowest BCUT2D eigenvalue weighted by molar-refractivity contribution is -0.140. The van der Waals surface area contributed by atoms with E-state index < -0.39 is 30.4 Å². The van der Waals surface area contributed by atoms with E-state index >= 15 is 0 Å². The molecule has 0 bridgehead atoms. The van der Waals surface area contributed by atoms with Gasteiger partial charge in [-0.05, 0) is 31.1 Å². The molecule has 1 aliphatic carbocycles. The number of carboxylic acid groups (broad SMARTS) is 1. The van der Waals surface area contributed by atoms with Crippen LogP contribution in [0.2, 0.25) is 0 Å². The van der Waals surface area contributed by atoms with Crippen molar-refractivity contribution in [2.45, 2.75) is 51.6 Å². The van der Waals surface area contributed by atoms with E-state index in [9.17, 15) is 14.4 Å². The van der Waals surface area contributed by atoms with Crippen molar-refractivity contribution >= 4 is 17.9 Å². The van der Waals surface area contributed by atoms with Crippen LogP contribution in [0.4, 0.5) is 4.79 Å². The van der Waals surface area contributed by atoms with Gasteiger partial charge < -0.3 is 21.5 Å². The number of hydrogen-bond donors (Lipinski definition) is 4. The highest BCUT2D eigenvalue weighted by molar-refractivity contribution is 5.87. The number of carbonyl (C=O) groups is 3. The molecule has 0 heterocycles. The summed E-state index contributed by atoms with van der Waals surface area (Å²) in [5, 5.41) is 14.0. The zero-order valence-corrected chi connectivity index (χ0v) is 11.9. The van der Waals surface area contributed by atoms with Crippen molar-refractivity contribution in [3.05, 3.63) is 0 Å². The molecule has 20 heavy (non-hydrogen) atoms. The molecule has 3 atom stereocenters. The maximum absolute atomic E-state index is 11.8. The van der Waals surface area contributed by atoms with Crippen LogP contribution in [0, 0.1) is 11.8 Å². The second-order valence-corrected chi connectivity index (χ2v) is 5.79. The van der Waals surface area contributed by atoms with Crippen LogP contribution >= 0.6 is 0 Å². The molecule has 2 unspecified atom stereocenters. The molecule has 1 saturated carbocycles. The molecule has 7 nitrogen and oxygen atoms in total. The summed E-state index contributed by atoms with van der Waals surface area (Å²) in [6.07, 6.45) is 2.48. The molecular weight excluding hydrogens is 262 g/mol. The van der Waals surface area contributed by atoms with E-state index in [-0.39, 0.29) is 6.04 Å². The molecule has 0 radical (unpaired) electrons. The van der Waals surface area contributed by atoms with Gasteiger partial charge in [0.1, 0.15) is 6.04 Å². The van der Waals surface area contributed by atoms with Gasteiger partial charge in [-0.15, -0.1) is 0 Å². The Balaban J connectivity index is 2.48. The first-order valence-corrected chi connectivity index (χ1v) is 6.86. The molecule has 1 aliphatic rings. The van der Waals surface area contributed by atoms with Gasteiger partial charge >= 0.3 is 12.0 Å². The highest BCUT2D eigenvalue weighted by atomic mass is 16.4. The number of aliphatic carboxylic acids is 1. The first-order chi connectivity index (χ1) is 9.27. The summed E-state index contributed by atoms with van der Waals surface area (Å²) in [5.41, 5.74) is 4.95. The monoisotopic (exact) mass is 285 g/mol. The topological polar surface area (TPSA) is 122 Å². The fourth-order valence-electron chi connectivity index (χ4n) is 2.85. The van der Waals surface area contributed by atoms with E-state index in [4.69, 9.17) is 10.8 Å². The Morgan fingerprint density at radius 1 is 1.20 bits per heavy atom. The summed E-state index contributed by atoms with van der Waals surface area (Å²) in [6, 6.07) is -1.81. The number of carboxylic acids is 1. The number of nitrogens with two attached hydrogens (primary N) is 1. The zero-order chi connectivity index (χ0) is 15.3. The Bertz CT molecular complexity index is 376. The number of nitrogens with one attached hydrogen (secondary N) is 2. The van der Waals surface area contributed by atoms with Crippen LogP contribution in [0.3, 0.4) is 0 Å². The molecule has 1 rings (SSSR count). The molecule has 1 fully saturated rings. The molecule has 0 spiro atoms. The Kier molecular flexibility index (Phi) is 5.79. The number of rotatable bonds is 5. The molecule has 0 aromatic rings. The Morgan fingerprint density at radius 3 is 2.20 bits per heavy atom. The third-order valence-corrected chi connectivity index (χ3v) is 3.52. The molecule has 3 amide bonds. The van der Waals surface area contributed by atoms with Gasteiger partial charge in [0.15, 0.2) is 0 Å². The zero-order valence-electron chi connectivity index (χ0n) is 11.9. The van der Waals surface area contributed by atoms with E-state index in [0.29, 0.717) is 11.8 Å². The summed E-state index contributed by atoms with van der Waals surface area (Å²) in [7, 11) is 0. The quantitative estimate of drug-likeness (QED) is 0.585. The van der Waals surface area contributed by atoms with Crippen molar-refractivity contribution in [3.63, 3.8) is 0 Å². The third kappa shape index (κ3) is 5.46. The second kappa shape index (κ2) is 7.12. The molecule has 7 heteroatoms. The molecule has 0 aliphatic heterocycles. The molecular formula is C13H23N3O4. The first-order valence-electron chi connectivity index (χ1n) is 6.86. The smallest absolute Gasteiger partial charge is 0.326 e. The maximum Gasteiger partial charge on any atom is 0.326 e. The minimum absolute atomic E-state index is 0.0387. The van der Waals surface area contributed by atoms with E-state index in [1.165, 1.54) is 0 Å². The van der Waals surface area contributed by atoms with E-state index in [1.54, 1.807) is 0 Å². The highest BCUT2D eigenvalue weighted by Crippen LogP contribution is 2.28. The lowest BCUT2D eigenvalue weighted by Gasteiger charge is -2.32. The SMILES string of the molecule is CC1CC(C)CC(NC(=O)N[C@@H](CC(N)=O)C(=O)O)C1. The van der Waals surface area contributed by atoms with Gasteiger partial charge in [0.2, 0.25) is 5.91 Å². The third-order valence-electron chi connectivity index (χ3n) is 3.52. The van der Waals surface area contributed by atoms with Gasteiger partial charge in [-0.2, -0.15) is 0 Å². The summed E-state index contributed by atoms with van der Waals surface area (Å²) in [5.74, 6) is -0.975. The Morgan fingerprint density at radius 2 is 1.75 bits per heavy atom. The number of primary amides is 1. The maximum atomic E-state index is 11.8. The number of carbonyl (C=O) groups excluding carboxylic acids is 2. The van der Waals surface area contributed by atoms with Gasteiger partial charge in [-0.3, -0.25) is 4.79 Å². The van der Waals surface area contributed by atoms with Crippen molar-refractivity contribution in [1.82, 2.24) is 10.6 Å². The lowest BCUT2D eigenvalue weighted by Crippen LogP contribution is -2.51. The second-order valence-electron chi connectivity index (χ2n) is 5.79. The van der Waals surface area contributed by atoms with Crippen molar-refractivity contribution in [2.75, 3.05) is 0 Å². The average molecular weight is 285 g/mol. The predicted molar refractivity (Wildman–Crippen MR) is 72.9 cm³/mol. The van der Waals surface area contributed by atoms with Gasteiger partial charge in [0, 0.05) is 6.04 Å². The largest absolute Gasteiger partial charge is 0.480 e. The first kappa shape index (κ1) is 16.3. The summed E-state index contributed by atoms with van der Waals surface area (Å²) in [4.78, 5) is 33.5. The van der Waals surface area contributed by atoms with Crippen LogP contribution in [0.5, 0.6) is 0 Å². The fourth-order valence-corrected chi connectivity index (χ4v) is 2.85. The molecule has 114 valence electrons. The Labute approximate surface area is 118 Å². The predicted octanol–water partition coefficient (Wildman–Crippen LogP) is 0.439. The van der Waals surface area contributed by atoms with E-state index in [0.717, 1.165) is 19.3 Å². The standard InChI is InChI=1S/C13H23N3O4/c1-7-3-8(2)5-9(4-7)15-13(20)16-10(12(18)19)6-11(14)17/h7-10H,3-6H2,1-2H3,(H2,14,17)(H,18,19)(H2,15,16,20)/t7?,8?,9?,10-/m0/s1. The van der Waals surface area contributed by atoms with Crippen LogP contribution in [0.1, 0.15) is 39.5 Å². The minimum Gasteiger partial charge on any atom is -0.480 e. The minimum atomic E-state index is -1.29. The van der Waals surface area contributed by atoms with Crippen LogP contribution in [0.25, 0.3) is 0 Å². The molecule has 0 aromatic carbocycles. The van der Waals surface area contributed by atoms with Crippen molar-refractivity contribution < 1.29 is 19.5 Å². The lowest BCUT2D eigenvalue weighted by atomic mass is 9.80. The molecule has 0 saturated heterocycles. The Hall–Kier alpha value is -1.79. The van der Waals surface area contributed by atoms with Crippen LogP contribution in [0.15, 0.2) is 0 Å². The van der Waals surface area contributed by atoms with Gasteiger partial charge in [-0.1, -0.05) is 13.8 Å². The van der Waals surface area contributed by atoms with Gasteiger partial charge in [-0.25, -0.2) is 9.59 Å². The van der Waals surface area contributed by atoms with Crippen molar-refractivity contribution in [2.24, 2.45) is 17.6 Å².